The van der Waals surface area contributed by atoms with Crippen LogP contribution in [0, 0.1) is 0 Å². The van der Waals surface area contributed by atoms with Crippen molar-refractivity contribution >= 4 is 5.57 Å². The summed E-state index contributed by atoms with van der Waals surface area (Å²) >= 11 is 0. The van der Waals surface area contributed by atoms with Crippen molar-refractivity contribution in [2.45, 2.75) is 6.42 Å². The van der Waals surface area contributed by atoms with Crippen LogP contribution in [0.5, 0.6) is 0 Å². The second-order valence-corrected chi connectivity index (χ2v) is 2.82. The highest BCUT2D eigenvalue weighted by Gasteiger charge is 1.95. The van der Waals surface area contributed by atoms with Gasteiger partial charge >= 0.3 is 0 Å². The molecule has 64 valence electrons. The van der Waals surface area contributed by atoms with E-state index >= 15 is 0 Å². The molecular formula is C11H15N. The lowest BCUT2D eigenvalue weighted by atomic mass is 10.1. The van der Waals surface area contributed by atoms with Crippen LogP contribution in [0.25, 0.3) is 5.57 Å². The average molecular weight is 161 g/mol. The minimum atomic E-state index is 0.994. The maximum absolute atomic E-state index is 4.02. The smallest absolute Gasteiger partial charge is 0.00114 e. The molecule has 0 heterocycles. The Labute approximate surface area is 74.1 Å². The highest BCUT2D eigenvalue weighted by Crippen LogP contribution is 2.13. The molecule has 0 amide bonds. The second kappa shape index (κ2) is 4.73. The van der Waals surface area contributed by atoms with Crippen LogP contribution < -0.4 is 5.32 Å². The predicted octanol–water partition coefficient (Wildman–Crippen LogP) is 2.31. The molecule has 1 aromatic rings. The van der Waals surface area contributed by atoms with Gasteiger partial charge in [-0.1, -0.05) is 36.9 Å². The molecule has 0 aliphatic carbocycles. The molecule has 0 radical (unpaired) electrons. The minimum Gasteiger partial charge on any atom is -0.319 e. The summed E-state index contributed by atoms with van der Waals surface area (Å²) in [7, 11) is 1.96. The lowest BCUT2D eigenvalue weighted by Gasteiger charge is -2.04. The van der Waals surface area contributed by atoms with Crippen LogP contribution in [-0.2, 0) is 0 Å². The maximum Gasteiger partial charge on any atom is -0.00114 e. The van der Waals surface area contributed by atoms with Gasteiger partial charge in [0, 0.05) is 0 Å². The van der Waals surface area contributed by atoms with Crippen molar-refractivity contribution in [3.63, 3.8) is 0 Å². The van der Waals surface area contributed by atoms with Gasteiger partial charge in [-0.2, -0.15) is 0 Å². The van der Waals surface area contributed by atoms with Crippen LogP contribution in [0.15, 0.2) is 36.9 Å². The summed E-state index contributed by atoms with van der Waals surface area (Å²) in [4.78, 5) is 0. The zero-order chi connectivity index (χ0) is 8.81. The lowest BCUT2D eigenvalue weighted by molar-refractivity contribution is 0.816. The predicted molar refractivity (Wildman–Crippen MR) is 54.0 cm³/mol. The van der Waals surface area contributed by atoms with Crippen molar-refractivity contribution in [2.24, 2.45) is 0 Å². The number of hydrogen-bond acceptors (Lipinski definition) is 1. The third-order valence-electron chi connectivity index (χ3n) is 1.86. The molecular weight excluding hydrogens is 146 g/mol. The van der Waals surface area contributed by atoms with Gasteiger partial charge in [0.1, 0.15) is 0 Å². The Morgan fingerprint density at radius 3 is 2.58 bits per heavy atom. The molecule has 0 atom stereocenters. The molecule has 0 fully saturated rings. The van der Waals surface area contributed by atoms with Crippen LogP contribution in [0.3, 0.4) is 0 Å². The monoisotopic (exact) mass is 161 g/mol. The van der Waals surface area contributed by atoms with E-state index in [1.807, 2.05) is 25.2 Å². The summed E-state index contributed by atoms with van der Waals surface area (Å²) in [5, 5.41) is 3.11. The third-order valence-corrected chi connectivity index (χ3v) is 1.86. The quantitative estimate of drug-likeness (QED) is 0.714. The molecule has 0 aromatic heterocycles. The fourth-order valence-corrected chi connectivity index (χ4v) is 1.09. The van der Waals surface area contributed by atoms with Gasteiger partial charge < -0.3 is 5.32 Å². The molecule has 1 N–H and O–H groups in total. The molecule has 0 saturated heterocycles. The van der Waals surface area contributed by atoms with Crippen molar-refractivity contribution in [1.82, 2.24) is 5.32 Å². The summed E-state index contributed by atoms with van der Waals surface area (Å²) < 4.78 is 0. The van der Waals surface area contributed by atoms with Gasteiger partial charge in [0.15, 0.2) is 0 Å². The van der Waals surface area contributed by atoms with Crippen LogP contribution in [0.4, 0.5) is 0 Å². The fourth-order valence-electron chi connectivity index (χ4n) is 1.09. The van der Waals surface area contributed by atoms with Gasteiger partial charge in [-0.05, 0) is 31.1 Å². The molecule has 0 unspecified atom stereocenters. The Balaban J connectivity index is 2.54. The van der Waals surface area contributed by atoms with E-state index in [0.717, 1.165) is 13.0 Å². The van der Waals surface area contributed by atoms with Crippen LogP contribution in [0.2, 0.25) is 0 Å². The average Bonchev–Trinajstić information content (AvgIpc) is 2.15. The first-order valence-electron chi connectivity index (χ1n) is 4.22. The Kier molecular flexibility index (Phi) is 3.55. The van der Waals surface area contributed by atoms with Crippen LogP contribution >= 0.6 is 0 Å². The molecule has 0 saturated carbocycles. The minimum absolute atomic E-state index is 0.994. The highest BCUT2D eigenvalue weighted by molar-refractivity contribution is 5.63. The van der Waals surface area contributed by atoms with Crippen LogP contribution in [-0.4, -0.2) is 13.6 Å². The van der Waals surface area contributed by atoms with E-state index in [-0.39, 0.29) is 0 Å². The molecule has 1 heteroatoms. The summed E-state index contributed by atoms with van der Waals surface area (Å²) in [6.07, 6.45) is 1.01. The van der Waals surface area contributed by atoms with Gasteiger partial charge in [-0.3, -0.25) is 0 Å². The lowest BCUT2D eigenvalue weighted by Crippen LogP contribution is -2.07. The SMILES string of the molecule is C=C(CCNC)c1ccccc1. The topological polar surface area (TPSA) is 12.0 Å². The first-order valence-corrected chi connectivity index (χ1v) is 4.22. The van der Waals surface area contributed by atoms with E-state index in [4.69, 9.17) is 0 Å². The fraction of sp³-hybridized carbons (Fsp3) is 0.273. The van der Waals surface area contributed by atoms with Crippen molar-refractivity contribution in [1.29, 1.82) is 0 Å². The zero-order valence-electron chi connectivity index (χ0n) is 7.51. The first kappa shape index (κ1) is 9.01. The van der Waals surface area contributed by atoms with Crippen molar-refractivity contribution in [2.75, 3.05) is 13.6 Å². The molecule has 1 nitrogen and oxygen atoms in total. The Bertz CT molecular complexity index is 238. The maximum atomic E-state index is 4.02. The van der Waals surface area contributed by atoms with E-state index in [1.165, 1.54) is 11.1 Å². The van der Waals surface area contributed by atoms with E-state index in [9.17, 15) is 0 Å². The van der Waals surface area contributed by atoms with Gasteiger partial charge in [0.25, 0.3) is 0 Å². The van der Waals surface area contributed by atoms with Crippen molar-refractivity contribution < 1.29 is 0 Å². The number of rotatable bonds is 4. The summed E-state index contributed by atoms with van der Waals surface area (Å²) in [5.74, 6) is 0. The van der Waals surface area contributed by atoms with E-state index in [1.54, 1.807) is 0 Å². The van der Waals surface area contributed by atoms with Gasteiger partial charge in [-0.25, -0.2) is 0 Å². The van der Waals surface area contributed by atoms with Crippen molar-refractivity contribution in [3.8, 4) is 0 Å². The van der Waals surface area contributed by atoms with Gasteiger partial charge in [0.05, 0.1) is 0 Å². The van der Waals surface area contributed by atoms with Gasteiger partial charge in [-0.15, -0.1) is 0 Å². The van der Waals surface area contributed by atoms with E-state index in [2.05, 4.69) is 24.0 Å². The van der Waals surface area contributed by atoms with Crippen LogP contribution in [0.1, 0.15) is 12.0 Å². The summed E-state index contributed by atoms with van der Waals surface area (Å²) in [6, 6.07) is 10.3. The summed E-state index contributed by atoms with van der Waals surface area (Å²) in [5.41, 5.74) is 2.44. The molecule has 12 heavy (non-hydrogen) atoms. The normalized spacial score (nSPS) is 9.75. The summed E-state index contributed by atoms with van der Waals surface area (Å²) in [6.45, 7) is 5.02. The largest absolute Gasteiger partial charge is 0.319 e. The Morgan fingerprint density at radius 2 is 2.00 bits per heavy atom. The third kappa shape index (κ3) is 2.51. The second-order valence-electron chi connectivity index (χ2n) is 2.82. The highest BCUT2D eigenvalue weighted by atomic mass is 14.8. The Morgan fingerprint density at radius 1 is 1.33 bits per heavy atom. The first-order chi connectivity index (χ1) is 5.84. The number of nitrogens with one attached hydrogen (secondary N) is 1. The standard InChI is InChI=1S/C11H15N/c1-10(8-9-12-2)11-6-4-3-5-7-11/h3-7,12H,1,8-9H2,2H3. The molecule has 1 aromatic carbocycles. The van der Waals surface area contributed by atoms with E-state index < -0.39 is 0 Å². The Hall–Kier alpha value is -1.08. The van der Waals surface area contributed by atoms with E-state index in [0.29, 0.717) is 0 Å². The number of benzene rings is 1. The van der Waals surface area contributed by atoms with Gasteiger partial charge in [0.2, 0.25) is 0 Å². The molecule has 1 rings (SSSR count). The molecule has 0 bridgehead atoms. The number of hydrogen-bond donors (Lipinski definition) is 1. The molecule has 0 spiro atoms. The molecule has 0 aliphatic heterocycles. The zero-order valence-corrected chi connectivity index (χ0v) is 7.51. The van der Waals surface area contributed by atoms with Crippen molar-refractivity contribution in [3.05, 3.63) is 42.5 Å². The molecule has 0 aliphatic rings.